The van der Waals surface area contributed by atoms with Gasteiger partial charge in [-0.15, -0.1) is 0 Å². The molecule has 0 aliphatic carbocycles. The van der Waals surface area contributed by atoms with Crippen LogP contribution in [0.2, 0.25) is 0 Å². The van der Waals surface area contributed by atoms with E-state index in [0.717, 1.165) is 11.1 Å². The Hall–Kier alpha value is -2.58. The Kier molecular flexibility index (Phi) is 5.95. The van der Waals surface area contributed by atoms with E-state index in [0.29, 0.717) is 31.0 Å². The van der Waals surface area contributed by atoms with Crippen LogP contribution in [0.1, 0.15) is 24.5 Å². The van der Waals surface area contributed by atoms with Crippen molar-refractivity contribution in [3.63, 3.8) is 0 Å². The lowest BCUT2D eigenvalue weighted by molar-refractivity contribution is 0.280. The average Bonchev–Trinajstić information content (AvgIpc) is 2.91. The minimum Gasteiger partial charge on any atom is -0.483 e. The highest BCUT2D eigenvalue weighted by Crippen LogP contribution is 2.33. The van der Waals surface area contributed by atoms with Crippen LogP contribution in [0.4, 0.5) is 5.82 Å². The molecule has 23 heavy (non-hydrogen) atoms. The second-order valence-electron chi connectivity index (χ2n) is 5.18. The molecule has 0 fully saturated rings. The van der Waals surface area contributed by atoms with Crippen LogP contribution in [-0.2, 0) is 11.3 Å². The van der Waals surface area contributed by atoms with Crippen LogP contribution >= 0.6 is 0 Å². The molecule has 1 heterocycles. The fourth-order valence-electron chi connectivity index (χ4n) is 2.32. The Balaban J connectivity index is 2.50. The second-order valence-corrected chi connectivity index (χ2v) is 5.18. The summed E-state index contributed by atoms with van der Waals surface area (Å²) in [5, 5.41) is 18.7. The van der Waals surface area contributed by atoms with E-state index in [2.05, 4.69) is 11.1 Å². The first-order chi connectivity index (χ1) is 11.2. The standard InChI is InChI=1S/C18H21N3O2/c1-3-23-13-20-18-16(11-19)17(12-21(18)9-4-10-22)15-7-5-14(2)6-8-15/h5-8,12-13,22H,3-4,9-10H2,1-2H3. The lowest BCUT2D eigenvalue weighted by Gasteiger charge is -2.04. The first-order valence-electron chi connectivity index (χ1n) is 7.66. The Morgan fingerprint density at radius 1 is 1.35 bits per heavy atom. The van der Waals surface area contributed by atoms with Crippen LogP contribution in [0, 0.1) is 18.3 Å². The number of aliphatic hydroxyl groups is 1. The molecule has 0 bridgehead atoms. The Morgan fingerprint density at radius 3 is 2.70 bits per heavy atom. The number of nitriles is 1. The second kappa shape index (κ2) is 8.16. The first-order valence-corrected chi connectivity index (χ1v) is 7.66. The molecule has 0 aliphatic heterocycles. The molecule has 0 saturated carbocycles. The maximum Gasteiger partial charge on any atom is 0.176 e. The van der Waals surface area contributed by atoms with E-state index in [1.54, 1.807) is 0 Å². The molecule has 0 amide bonds. The Bertz CT molecular complexity index is 709. The highest BCUT2D eigenvalue weighted by atomic mass is 16.5. The summed E-state index contributed by atoms with van der Waals surface area (Å²) < 4.78 is 7.05. The van der Waals surface area contributed by atoms with E-state index < -0.39 is 0 Å². The van der Waals surface area contributed by atoms with Gasteiger partial charge in [0, 0.05) is 24.9 Å². The molecule has 0 spiro atoms. The van der Waals surface area contributed by atoms with Crippen molar-refractivity contribution in [3.05, 3.63) is 41.6 Å². The Morgan fingerprint density at radius 2 is 2.09 bits per heavy atom. The average molecular weight is 311 g/mol. The lowest BCUT2D eigenvalue weighted by Crippen LogP contribution is -1.98. The van der Waals surface area contributed by atoms with Gasteiger partial charge in [-0.3, -0.25) is 0 Å². The Labute approximate surface area is 136 Å². The summed E-state index contributed by atoms with van der Waals surface area (Å²) in [5.41, 5.74) is 3.50. The monoisotopic (exact) mass is 311 g/mol. The number of aryl methyl sites for hydroxylation is 2. The van der Waals surface area contributed by atoms with Crippen LogP contribution in [0.5, 0.6) is 0 Å². The van der Waals surface area contributed by atoms with E-state index >= 15 is 0 Å². The summed E-state index contributed by atoms with van der Waals surface area (Å²) in [5.74, 6) is 0.560. The third-order valence-electron chi connectivity index (χ3n) is 3.50. The lowest BCUT2D eigenvalue weighted by atomic mass is 10.0. The van der Waals surface area contributed by atoms with E-state index in [4.69, 9.17) is 9.84 Å². The maximum absolute atomic E-state index is 9.58. The summed E-state index contributed by atoms with van der Waals surface area (Å²) in [6.45, 7) is 5.11. The van der Waals surface area contributed by atoms with E-state index in [1.165, 1.54) is 12.0 Å². The van der Waals surface area contributed by atoms with Crippen LogP contribution < -0.4 is 0 Å². The van der Waals surface area contributed by atoms with Crippen LogP contribution in [0.25, 0.3) is 11.1 Å². The van der Waals surface area contributed by atoms with Gasteiger partial charge >= 0.3 is 0 Å². The molecule has 1 aromatic carbocycles. The van der Waals surface area contributed by atoms with Crippen molar-refractivity contribution >= 4 is 12.2 Å². The number of aliphatic imine (C=N–C) groups is 1. The first kappa shape index (κ1) is 16.8. The van der Waals surface area contributed by atoms with Crippen molar-refractivity contribution in [3.8, 4) is 17.2 Å². The highest BCUT2D eigenvalue weighted by Gasteiger charge is 2.16. The van der Waals surface area contributed by atoms with E-state index in [9.17, 15) is 5.26 Å². The molecular weight excluding hydrogens is 290 g/mol. The summed E-state index contributed by atoms with van der Waals surface area (Å²) in [7, 11) is 0. The molecule has 0 radical (unpaired) electrons. The molecule has 1 N–H and O–H groups in total. The normalized spacial score (nSPS) is 10.9. The molecule has 0 atom stereocenters. The number of benzene rings is 1. The summed E-state index contributed by atoms with van der Waals surface area (Å²) in [6, 6.07) is 10.3. The number of aromatic nitrogens is 1. The van der Waals surface area contributed by atoms with Crippen molar-refractivity contribution in [2.45, 2.75) is 26.8 Å². The van der Waals surface area contributed by atoms with Crippen molar-refractivity contribution in [2.24, 2.45) is 4.99 Å². The number of hydrogen-bond donors (Lipinski definition) is 1. The third kappa shape index (κ3) is 3.99. The predicted octanol–water partition coefficient (Wildman–Crippen LogP) is 3.41. The number of aliphatic hydroxyl groups excluding tert-OH is 1. The maximum atomic E-state index is 9.58. The molecule has 1 aromatic heterocycles. The van der Waals surface area contributed by atoms with Gasteiger partial charge < -0.3 is 14.4 Å². The van der Waals surface area contributed by atoms with Crippen LogP contribution in [0.3, 0.4) is 0 Å². The van der Waals surface area contributed by atoms with Gasteiger partial charge in [0.25, 0.3) is 0 Å². The highest BCUT2D eigenvalue weighted by molar-refractivity contribution is 5.77. The SMILES string of the molecule is CCOC=Nc1c(C#N)c(-c2ccc(C)cc2)cn1CCCO. The van der Waals surface area contributed by atoms with Gasteiger partial charge in [0.15, 0.2) is 12.2 Å². The van der Waals surface area contributed by atoms with Crippen LogP contribution in [-0.4, -0.2) is 29.3 Å². The van der Waals surface area contributed by atoms with Gasteiger partial charge in [0.05, 0.1) is 6.61 Å². The van der Waals surface area contributed by atoms with Crippen molar-refractivity contribution in [1.82, 2.24) is 4.57 Å². The van der Waals surface area contributed by atoms with Gasteiger partial charge in [-0.25, -0.2) is 4.99 Å². The van der Waals surface area contributed by atoms with Crippen LogP contribution in [0.15, 0.2) is 35.5 Å². The molecule has 5 heteroatoms. The van der Waals surface area contributed by atoms with E-state index in [1.807, 2.05) is 48.9 Å². The molecule has 0 saturated heterocycles. The molecule has 120 valence electrons. The molecule has 5 nitrogen and oxygen atoms in total. The number of rotatable bonds is 7. The quantitative estimate of drug-likeness (QED) is 0.629. The van der Waals surface area contributed by atoms with E-state index in [-0.39, 0.29) is 6.61 Å². The van der Waals surface area contributed by atoms with Crippen molar-refractivity contribution < 1.29 is 9.84 Å². The smallest absolute Gasteiger partial charge is 0.176 e. The van der Waals surface area contributed by atoms with Gasteiger partial charge in [-0.1, -0.05) is 29.8 Å². The molecule has 2 aromatic rings. The van der Waals surface area contributed by atoms with Gasteiger partial charge in [0.2, 0.25) is 0 Å². The summed E-state index contributed by atoms with van der Waals surface area (Å²) in [6.07, 6.45) is 3.88. The fraction of sp³-hybridized carbons (Fsp3) is 0.333. The van der Waals surface area contributed by atoms with Crippen molar-refractivity contribution in [2.75, 3.05) is 13.2 Å². The zero-order valence-corrected chi connectivity index (χ0v) is 13.5. The molecular formula is C18H21N3O2. The van der Waals surface area contributed by atoms with Crippen molar-refractivity contribution in [1.29, 1.82) is 5.26 Å². The van der Waals surface area contributed by atoms with Gasteiger partial charge in [-0.2, -0.15) is 5.26 Å². The minimum atomic E-state index is 0.0918. The third-order valence-corrected chi connectivity index (χ3v) is 3.50. The molecule has 0 unspecified atom stereocenters. The molecule has 2 rings (SSSR count). The topological polar surface area (TPSA) is 70.5 Å². The minimum absolute atomic E-state index is 0.0918. The largest absolute Gasteiger partial charge is 0.483 e. The molecule has 0 aliphatic rings. The zero-order valence-electron chi connectivity index (χ0n) is 13.5. The number of nitrogens with zero attached hydrogens (tertiary/aromatic N) is 3. The summed E-state index contributed by atoms with van der Waals surface area (Å²) >= 11 is 0. The predicted molar refractivity (Wildman–Crippen MR) is 90.8 cm³/mol. The summed E-state index contributed by atoms with van der Waals surface area (Å²) in [4.78, 5) is 4.29. The zero-order chi connectivity index (χ0) is 16.7. The fourth-order valence-corrected chi connectivity index (χ4v) is 2.32. The van der Waals surface area contributed by atoms with Gasteiger partial charge in [0.1, 0.15) is 11.6 Å². The number of ether oxygens (including phenoxy) is 1. The van der Waals surface area contributed by atoms with Gasteiger partial charge in [-0.05, 0) is 25.8 Å². The number of hydrogen-bond acceptors (Lipinski definition) is 4.